The Kier molecular flexibility index (Phi) is 6.70. The van der Waals surface area contributed by atoms with Gasteiger partial charge in [0.2, 0.25) is 5.91 Å². The highest BCUT2D eigenvalue weighted by atomic mass is 79.9. The number of carbonyl (C=O) groups is 1. The van der Waals surface area contributed by atoms with Crippen molar-refractivity contribution in [3.05, 3.63) is 29.8 Å². The van der Waals surface area contributed by atoms with Gasteiger partial charge in [-0.15, -0.1) is 0 Å². The fourth-order valence-electron chi connectivity index (χ4n) is 1.29. The minimum atomic E-state index is -0.00623. The topological polar surface area (TPSA) is 38.3 Å². The molecular weight excluding hydrogens is 282 g/mol. The maximum absolute atomic E-state index is 11.0. The van der Waals surface area contributed by atoms with E-state index >= 15 is 0 Å². The molecular formula is C13H18BrNO2. The highest BCUT2D eigenvalue weighted by molar-refractivity contribution is 9.09. The van der Waals surface area contributed by atoms with Crippen LogP contribution in [0.4, 0.5) is 0 Å². The third kappa shape index (κ3) is 5.73. The third-order valence-corrected chi connectivity index (χ3v) is 2.81. The fourth-order valence-corrected chi connectivity index (χ4v) is 1.48. The van der Waals surface area contributed by atoms with Crippen molar-refractivity contribution < 1.29 is 9.53 Å². The van der Waals surface area contributed by atoms with Crippen LogP contribution >= 0.6 is 15.9 Å². The summed E-state index contributed by atoms with van der Waals surface area (Å²) in [6.45, 7) is 3.45. The van der Waals surface area contributed by atoms with E-state index in [2.05, 4.69) is 28.2 Å². The molecule has 1 aromatic rings. The molecule has 1 rings (SSSR count). The van der Waals surface area contributed by atoms with Crippen LogP contribution in [0.5, 0.6) is 5.75 Å². The molecule has 0 aliphatic carbocycles. The van der Waals surface area contributed by atoms with Crippen molar-refractivity contribution in [2.24, 2.45) is 0 Å². The summed E-state index contributed by atoms with van der Waals surface area (Å²) in [5, 5.41) is 3.13. The molecule has 1 amide bonds. The van der Waals surface area contributed by atoms with Crippen LogP contribution in [-0.2, 0) is 11.3 Å². The van der Waals surface area contributed by atoms with Gasteiger partial charge in [0.25, 0.3) is 0 Å². The lowest BCUT2D eigenvalue weighted by atomic mass is 10.2. The maximum atomic E-state index is 11.0. The van der Waals surface area contributed by atoms with Crippen LogP contribution in [0.15, 0.2) is 24.3 Å². The van der Waals surface area contributed by atoms with Crippen molar-refractivity contribution in [2.75, 3.05) is 11.9 Å². The van der Waals surface area contributed by atoms with Crippen LogP contribution in [0.1, 0.15) is 25.3 Å². The van der Waals surface area contributed by atoms with Gasteiger partial charge in [0.05, 0.1) is 11.9 Å². The zero-order chi connectivity index (χ0) is 12.5. The minimum Gasteiger partial charge on any atom is -0.494 e. The lowest BCUT2D eigenvalue weighted by molar-refractivity contribution is -0.118. The maximum Gasteiger partial charge on any atom is 0.230 e. The third-order valence-electron chi connectivity index (χ3n) is 2.30. The Morgan fingerprint density at radius 2 is 2.06 bits per heavy atom. The molecule has 1 N–H and O–H groups in total. The van der Waals surface area contributed by atoms with Crippen LogP contribution in [0.2, 0.25) is 0 Å². The minimum absolute atomic E-state index is 0.00623. The molecule has 0 saturated carbocycles. The van der Waals surface area contributed by atoms with Crippen LogP contribution in [0.3, 0.4) is 0 Å². The lowest BCUT2D eigenvalue weighted by Gasteiger charge is -2.07. The molecule has 0 radical (unpaired) electrons. The number of hydrogen-bond acceptors (Lipinski definition) is 2. The Morgan fingerprint density at radius 3 is 2.65 bits per heavy atom. The highest BCUT2D eigenvalue weighted by Crippen LogP contribution is 2.12. The number of halogens is 1. The van der Waals surface area contributed by atoms with Gasteiger partial charge in [0, 0.05) is 6.54 Å². The first-order chi connectivity index (χ1) is 8.26. The number of unbranched alkanes of at least 4 members (excludes halogenated alkanes) is 1. The van der Waals surface area contributed by atoms with E-state index in [4.69, 9.17) is 4.74 Å². The van der Waals surface area contributed by atoms with E-state index in [9.17, 15) is 4.79 Å². The van der Waals surface area contributed by atoms with Gasteiger partial charge in [-0.3, -0.25) is 4.79 Å². The molecule has 0 aliphatic heterocycles. The fraction of sp³-hybridized carbons (Fsp3) is 0.462. The first-order valence-corrected chi connectivity index (χ1v) is 6.92. The zero-order valence-electron chi connectivity index (χ0n) is 10.0. The Balaban J connectivity index is 2.36. The predicted octanol–water partition coefficient (Wildman–Crippen LogP) is 2.88. The summed E-state index contributed by atoms with van der Waals surface area (Å²) in [4.78, 5) is 11.0. The Hall–Kier alpha value is -1.03. The van der Waals surface area contributed by atoms with Gasteiger partial charge in [0.1, 0.15) is 5.75 Å². The number of alkyl halides is 1. The first-order valence-electron chi connectivity index (χ1n) is 5.80. The predicted molar refractivity (Wildman–Crippen MR) is 72.5 cm³/mol. The van der Waals surface area contributed by atoms with E-state index in [1.54, 1.807) is 0 Å². The number of ether oxygens (including phenoxy) is 1. The molecule has 0 saturated heterocycles. The number of rotatable bonds is 7. The van der Waals surface area contributed by atoms with Gasteiger partial charge in [0.15, 0.2) is 0 Å². The second-order valence-electron chi connectivity index (χ2n) is 3.76. The van der Waals surface area contributed by atoms with Gasteiger partial charge in [-0.1, -0.05) is 41.4 Å². The molecule has 0 spiro atoms. The van der Waals surface area contributed by atoms with Crippen LogP contribution < -0.4 is 10.1 Å². The van der Waals surface area contributed by atoms with Crippen LogP contribution in [0.25, 0.3) is 0 Å². The number of hydrogen-bond donors (Lipinski definition) is 1. The molecule has 4 heteroatoms. The molecule has 0 aliphatic rings. The summed E-state index contributed by atoms with van der Waals surface area (Å²) in [6, 6.07) is 7.81. The molecule has 0 atom stereocenters. The molecule has 17 heavy (non-hydrogen) atoms. The van der Waals surface area contributed by atoms with Gasteiger partial charge in [-0.25, -0.2) is 0 Å². The molecule has 3 nitrogen and oxygen atoms in total. The van der Waals surface area contributed by atoms with Crippen LogP contribution in [0, 0.1) is 0 Å². The van der Waals surface area contributed by atoms with Gasteiger partial charge >= 0.3 is 0 Å². The van der Waals surface area contributed by atoms with Crippen molar-refractivity contribution in [2.45, 2.75) is 26.3 Å². The van der Waals surface area contributed by atoms with Crippen molar-refractivity contribution in [3.63, 3.8) is 0 Å². The molecule has 94 valence electrons. The second-order valence-corrected chi connectivity index (χ2v) is 4.32. The SMILES string of the molecule is CCCCOc1ccc(CNC(=O)CBr)cc1. The smallest absolute Gasteiger partial charge is 0.230 e. The number of carbonyl (C=O) groups excluding carboxylic acids is 1. The van der Waals surface area contributed by atoms with Gasteiger partial charge in [-0.05, 0) is 24.1 Å². The molecule has 0 unspecified atom stereocenters. The lowest BCUT2D eigenvalue weighted by Crippen LogP contribution is -2.23. The number of benzene rings is 1. The van der Waals surface area contributed by atoms with Crippen LogP contribution in [-0.4, -0.2) is 17.8 Å². The summed E-state index contributed by atoms with van der Waals surface area (Å²) >= 11 is 3.10. The highest BCUT2D eigenvalue weighted by Gasteiger charge is 1.99. The number of amides is 1. The quantitative estimate of drug-likeness (QED) is 0.621. The molecule has 0 aromatic heterocycles. The van der Waals surface area contributed by atoms with Crippen molar-refractivity contribution >= 4 is 21.8 Å². The van der Waals surface area contributed by atoms with E-state index in [0.717, 1.165) is 30.8 Å². The standard InChI is InChI=1S/C13H18BrNO2/c1-2-3-8-17-12-6-4-11(5-7-12)10-15-13(16)9-14/h4-7H,2-3,8-10H2,1H3,(H,15,16). The van der Waals surface area contributed by atoms with Crippen molar-refractivity contribution in [1.29, 1.82) is 0 Å². The Labute approximate surface area is 111 Å². The summed E-state index contributed by atoms with van der Waals surface area (Å²) in [5.41, 5.74) is 1.07. The molecule has 1 aromatic carbocycles. The molecule has 0 heterocycles. The Morgan fingerprint density at radius 1 is 1.35 bits per heavy atom. The van der Waals surface area contributed by atoms with Crippen molar-refractivity contribution in [3.8, 4) is 5.75 Å². The van der Waals surface area contributed by atoms with E-state index in [0.29, 0.717) is 11.9 Å². The zero-order valence-corrected chi connectivity index (χ0v) is 11.6. The summed E-state index contributed by atoms with van der Waals surface area (Å²) in [6.07, 6.45) is 2.21. The molecule has 0 bridgehead atoms. The van der Waals surface area contributed by atoms with Gasteiger partial charge < -0.3 is 10.1 Å². The van der Waals surface area contributed by atoms with E-state index in [1.165, 1.54) is 0 Å². The van der Waals surface area contributed by atoms with Crippen molar-refractivity contribution in [1.82, 2.24) is 5.32 Å². The van der Waals surface area contributed by atoms with E-state index in [1.807, 2.05) is 24.3 Å². The average Bonchev–Trinajstić information content (AvgIpc) is 2.37. The largest absolute Gasteiger partial charge is 0.494 e. The monoisotopic (exact) mass is 299 g/mol. The summed E-state index contributed by atoms with van der Waals surface area (Å²) < 4.78 is 5.55. The van der Waals surface area contributed by atoms with E-state index < -0.39 is 0 Å². The summed E-state index contributed by atoms with van der Waals surface area (Å²) in [7, 11) is 0. The molecule has 0 fully saturated rings. The normalized spacial score (nSPS) is 10.0. The van der Waals surface area contributed by atoms with Gasteiger partial charge in [-0.2, -0.15) is 0 Å². The number of nitrogens with one attached hydrogen (secondary N) is 1. The first kappa shape index (κ1) is 14.0. The van der Waals surface area contributed by atoms with E-state index in [-0.39, 0.29) is 5.91 Å². The summed E-state index contributed by atoms with van der Waals surface area (Å²) in [5.74, 6) is 0.877. The average molecular weight is 300 g/mol. The Bertz CT molecular complexity index is 338. The second kappa shape index (κ2) is 8.12.